The summed E-state index contributed by atoms with van der Waals surface area (Å²) in [6, 6.07) is 26.3. The molecule has 1 aliphatic rings. The zero-order valence-electron chi connectivity index (χ0n) is 15.0. The van der Waals surface area contributed by atoms with Crippen molar-refractivity contribution in [3.63, 3.8) is 0 Å². The van der Waals surface area contributed by atoms with E-state index in [9.17, 15) is 4.79 Å². The van der Waals surface area contributed by atoms with Gasteiger partial charge in [-0.15, -0.1) is 0 Å². The smallest absolute Gasteiger partial charge is 0.318 e. The molecular weight excluding hydrogens is 368 g/mol. The number of nitrogens with one attached hydrogen (secondary N) is 1. The van der Waals surface area contributed by atoms with E-state index in [0.29, 0.717) is 16.3 Å². The molecule has 0 fully saturated rings. The molecular formula is C24H17ClN2O. The van der Waals surface area contributed by atoms with Crippen LogP contribution in [0.5, 0.6) is 0 Å². The fraction of sp³-hybridized carbons (Fsp3) is 0.0833. The first kappa shape index (κ1) is 18.0. The van der Waals surface area contributed by atoms with Gasteiger partial charge in [-0.3, -0.25) is 9.64 Å². The maximum absolute atomic E-state index is 13.4. The van der Waals surface area contributed by atoms with Gasteiger partial charge < -0.3 is 5.32 Å². The topological polar surface area (TPSA) is 33.5 Å². The highest BCUT2D eigenvalue weighted by Gasteiger charge is 2.56. The Morgan fingerprint density at radius 1 is 0.893 bits per heavy atom. The fourth-order valence-electron chi connectivity index (χ4n) is 3.67. The summed E-state index contributed by atoms with van der Waals surface area (Å²) < 4.78 is 0. The Morgan fingerprint density at radius 2 is 1.50 bits per heavy atom. The van der Waals surface area contributed by atoms with Crippen LogP contribution in [-0.4, -0.2) is 5.91 Å². The molecule has 0 saturated carbocycles. The maximum Gasteiger partial charge on any atom is 0.344 e. The van der Waals surface area contributed by atoms with Crippen molar-refractivity contribution >= 4 is 23.2 Å². The zero-order chi connectivity index (χ0) is 19.6. The molecule has 0 unspecified atom stereocenters. The lowest BCUT2D eigenvalue weighted by molar-refractivity contribution is -0.124. The van der Waals surface area contributed by atoms with Crippen LogP contribution < -0.4 is 5.32 Å². The number of rotatable bonds is 3. The van der Waals surface area contributed by atoms with Crippen molar-refractivity contribution in [3.05, 3.63) is 124 Å². The van der Waals surface area contributed by atoms with E-state index in [1.165, 1.54) is 0 Å². The van der Waals surface area contributed by atoms with Gasteiger partial charge in [0, 0.05) is 16.3 Å². The van der Waals surface area contributed by atoms with Crippen LogP contribution in [0, 0.1) is 6.57 Å². The SMILES string of the molecule is [C-]#[N+][C@@]1(c2ccc(Cl)cc2)C(=O)NC(c2ccccc2)=C[C@H]1c1ccccc1. The summed E-state index contributed by atoms with van der Waals surface area (Å²) in [4.78, 5) is 17.3. The van der Waals surface area contributed by atoms with Crippen molar-refractivity contribution in [2.75, 3.05) is 0 Å². The molecule has 136 valence electrons. The average molecular weight is 385 g/mol. The molecule has 3 aromatic carbocycles. The van der Waals surface area contributed by atoms with Crippen LogP contribution in [0.4, 0.5) is 0 Å². The number of carbonyl (C=O) groups is 1. The Labute approximate surface area is 169 Å². The van der Waals surface area contributed by atoms with Crippen LogP contribution >= 0.6 is 11.6 Å². The van der Waals surface area contributed by atoms with Gasteiger partial charge in [0.1, 0.15) is 0 Å². The average Bonchev–Trinajstić information content (AvgIpc) is 2.75. The minimum atomic E-state index is -1.40. The predicted octanol–water partition coefficient (Wildman–Crippen LogP) is 5.41. The summed E-state index contributed by atoms with van der Waals surface area (Å²) in [6.07, 6.45) is 1.98. The van der Waals surface area contributed by atoms with Gasteiger partial charge in [0.15, 0.2) is 0 Å². The third-order valence-corrected chi connectivity index (χ3v) is 5.33. The Kier molecular flexibility index (Phi) is 4.73. The van der Waals surface area contributed by atoms with Crippen LogP contribution in [0.15, 0.2) is 91.0 Å². The van der Waals surface area contributed by atoms with E-state index >= 15 is 0 Å². The molecule has 0 spiro atoms. The first-order valence-corrected chi connectivity index (χ1v) is 9.31. The number of amides is 1. The monoisotopic (exact) mass is 384 g/mol. The van der Waals surface area contributed by atoms with Crippen molar-refractivity contribution < 1.29 is 4.79 Å². The van der Waals surface area contributed by atoms with Gasteiger partial charge in [-0.2, -0.15) is 0 Å². The van der Waals surface area contributed by atoms with Crippen molar-refractivity contribution in [1.29, 1.82) is 0 Å². The number of benzene rings is 3. The van der Waals surface area contributed by atoms with Gasteiger partial charge in [0.25, 0.3) is 0 Å². The molecule has 3 aromatic rings. The number of carbonyl (C=O) groups excluding carboxylic acids is 1. The van der Waals surface area contributed by atoms with Crippen molar-refractivity contribution in [2.45, 2.75) is 11.5 Å². The molecule has 4 heteroatoms. The summed E-state index contributed by atoms with van der Waals surface area (Å²) >= 11 is 6.04. The number of halogens is 1. The van der Waals surface area contributed by atoms with E-state index in [-0.39, 0.29) is 5.91 Å². The Morgan fingerprint density at radius 3 is 2.11 bits per heavy atom. The minimum Gasteiger partial charge on any atom is -0.318 e. The second-order valence-corrected chi connectivity index (χ2v) is 7.11. The fourth-order valence-corrected chi connectivity index (χ4v) is 3.80. The van der Waals surface area contributed by atoms with E-state index in [4.69, 9.17) is 18.2 Å². The van der Waals surface area contributed by atoms with Gasteiger partial charge in [-0.25, -0.2) is 6.57 Å². The highest BCUT2D eigenvalue weighted by Crippen LogP contribution is 2.46. The Balaban J connectivity index is 1.94. The number of hydrogen-bond donors (Lipinski definition) is 1. The van der Waals surface area contributed by atoms with Gasteiger partial charge in [0.2, 0.25) is 0 Å². The van der Waals surface area contributed by atoms with E-state index in [1.807, 2.05) is 66.7 Å². The lowest BCUT2D eigenvalue weighted by atomic mass is 9.71. The second-order valence-electron chi connectivity index (χ2n) is 6.67. The van der Waals surface area contributed by atoms with E-state index in [2.05, 4.69) is 10.2 Å². The van der Waals surface area contributed by atoms with E-state index in [1.54, 1.807) is 24.3 Å². The Hall–Kier alpha value is -3.35. The normalized spacial score (nSPS) is 21.4. The van der Waals surface area contributed by atoms with E-state index < -0.39 is 11.5 Å². The first-order valence-electron chi connectivity index (χ1n) is 8.93. The van der Waals surface area contributed by atoms with Crippen molar-refractivity contribution in [3.8, 4) is 0 Å². The van der Waals surface area contributed by atoms with E-state index in [0.717, 1.165) is 11.1 Å². The van der Waals surface area contributed by atoms with Gasteiger partial charge >= 0.3 is 11.4 Å². The molecule has 0 radical (unpaired) electrons. The third kappa shape index (κ3) is 2.98. The number of nitrogens with zero attached hydrogens (tertiary/aromatic N) is 1. The molecule has 1 heterocycles. The van der Waals surface area contributed by atoms with Crippen LogP contribution in [0.3, 0.4) is 0 Å². The summed E-state index contributed by atoms with van der Waals surface area (Å²) in [5, 5.41) is 3.53. The molecule has 1 aliphatic heterocycles. The maximum atomic E-state index is 13.4. The van der Waals surface area contributed by atoms with Crippen molar-refractivity contribution in [1.82, 2.24) is 5.32 Å². The van der Waals surface area contributed by atoms with Crippen LogP contribution in [0.1, 0.15) is 22.6 Å². The summed E-state index contributed by atoms with van der Waals surface area (Å²) in [7, 11) is 0. The molecule has 28 heavy (non-hydrogen) atoms. The molecule has 3 nitrogen and oxygen atoms in total. The molecule has 2 atom stereocenters. The minimum absolute atomic E-state index is 0.333. The standard InChI is InChI=1S/C24H17ClN2O/c1-26-24(19-12-14-20(25)15-13-19)21(17-8-4-2-5-9-17)16-22(27-23(24)28)18-10-6-3-7-11-18/h2-16,21H,(H,27,28)/t21-,24+/m0/s1. The molecule has 1 amide bonds. The summed E-state index contributed by atoms with van der Waals surface area (Å²) in [5.41, 5.74) is 1.77. The van der Waals surface area contributed by atoms with Crippen LogP contribution in [0.2, 0.25) is 5.02 Å². The van der Waals surface area contributed by atoms with Crippen LogP contribution in [0.25, 0.3) is 10.5 Å². The molecule has 1 N–H and O–H groups in total. The van der Waals surface area contributed by atoms with Gasteiger partial charge in [-0.05, 0) is 41.5 Å². The predicted molar refractivity (Wildman–Crippen MR) is 111 cm³/mol. The van der Waals surface area contributed by atoms with Crippen molar-refractivity contribution in [2.24, 2.45) is 0 Å². The lowest BCUT2D eigenvalue weighted by Gasteiger charge is -2.33. The quantitative estimate of drug-likeness (QED) is 0.602. The second kappa shape index (κ2) is 7.34. The highest BCUT2D eigenvalue weighted by molar-refractivity contribution is 6.30. The largest absolute Gasteiger partial charge is 0.344 e. The molecule has 0 aromatic heterocycles. The molecule has 0 aliphatic carbocycles. The zero-order valence-corrected chi connectivity index (χ0v) is 15.7. The van der Waals surface area contributed by atoms with Crippen LogP contribution in [-0.2, 0) is 10.3 Å². The first-order chi connectivity index (χ1) is 13.6. The number of hydrogen-bond acceptors (Lipinski definition) is 1. The van der Waals surface area contributed by atoms with Gasteiger partial charge in [-0.1, -0.05) is 72.3 Å². The molecule has 0 saturated heterocycles. The molecule has 0 bridgehead atoms. The Bertz CT molecular complexity index is 1070. The summed E-state index contributed by atoms with van der Waals surface area (Å²) in [6.45, 7) is 8.02. The lowest BCUT2D eigenvalue weighted by Crippen LogP contribution is -2.48. The summed E-state index contributed by atoms with van der Waals surface area (Å²) in [5.74, 6) is -0.767. The molecule has 4 rings (SSSR count). The van der Waals surface area contributed by atoms with Gasteiger partial charge in [0.05, 0.1) is 5.92 Å². The third-order valence-electron chi connectivity index (χ3n) is 5.08. The highest BCUT2D eigenvalue weighted by atomic mass is 35.5.